The van der Waals surface area contributed by atoms with Crippen LogP contribution in [0.2, 0.25) is 0 Å². The molecule has 1 aliphatic rings. The molecular weight excluding hydrogens is 218 g/mol. The van der Waals surface area contributed by atoms with E-state index in [0.717, 1.165) is 30.2 Å². The number of nitrogens with zero attached hydrogens (tertiary/aromatic N) is 1. The lowest BCUT2D eigenvalue weighted by atomic mass is 10.2. The van der Waals surface area contributed by atoms with Gasteiger partial charge in [0.2, 0.25) is 5.91 Å². The van der Waals surface area contributed by atoms with Gasteiger partial charge in [0.05, 0.1) is 6.54 Å². The quantitative estimate of drug-likeness (QED) is 0.801. The number of nitrogens with one attached hydrogen (secondary N) is 2. The topological polar surface area (TPSA) is 62.7 Å². The van der Waals surface area contributed by atoms with Crippen LogP contribution in [-0.2, 0) is 9.53 Å². The van der Waals surface area contributed by atoms with Gasteiger partial charge in [-0.05, 0) is 24.3 Å². The van der Waals surface area contributed by atoms with Crippen molar-refractivity contribution < 1.29 is 9.53 Å². The van der Waals surface area contributed by atoms with Crippen LogP contribution >= 0.6 is 0 Å². The molecular formula is C12H15N3O2. The van der Waals surface area contributed by atoms with Crippen LogP contribution in [-0.4, -0.2) is 38.5 Å². The van der Waals surface area contributed by atoms with E-state index in [2.05, 4.69) is 15.6 Å². The number of hydrogen-bond donors (Lipinski definition) is 2. The number of methoxy groups -OCH3 is 1. The van der Waals surface area contributed by atoms with Crippen LogP contribution in [0.1, 0.15) is 5.56 Å². The molecule has 5 heteroatoms. The second-order valence-corrected chi connectivity index (χ2v) is 3.72. The van der Waals surface area contributed by atoms with Crippen LogP contribution in [0.4, 0.5) is 5.69 Å². The Morgan fingerprint density at radius 3 is 2.82 bits per heavy atom. The summed E-state index contributed by atoms with van der Waals surface area (Å²) in [5.41, 5.74) is 1.79. The van der Waals surface area contributed by atoms with Gasteiger partial charge in [0.25, 0.3) is 0 Å². The van der Waals surface area contributed by atoms with E-state index < -0.39 is 0 Å². The summed E-state index contributed by atoms with van der Waals surface area (Å²) in [7, 11) is 1.49. The molecule has 0 atom stereocenters. The van der Waals surface area contributed by atoms with Gasteiger partial charge in [-0.15, -0.1) is 0 Å². The second-order valence-electron chi connectivity index (χ2n) is 3.72. The van der Waals surface area contributed by atoms with Crippen LogP contribution in [0.15, 0.2) is 29.3 Å². The summed E-state index contributed by atoms with van der Waals surface area (Å²) >= 11 is 0. The first kappa shape index (κ1) is 11.6. The summed E-state index contributed by atoms with van der Waals surface area (Å²) in [5, 5.41) is 5.93. The number of benzene rings is 1. The Morgan fingerprint density at radius 1 is 1.47 bits per heavy atom. The molecule has 0 unspecified atom stereocenters. The average Bonchev–Trinajstić information content (AvgIpc) is 2.84. The van der Waals surface area contributed by atoms with Crippen LogP contribution < -0.4 is 10.6 Å². The van der Waals surface area contributed by atoms with Crippen molar-refractivity contribution in [2.75, 3.05) is 32.1 Å². The first-order valence-electron chi connectivity index (χ1n) is 5.47. The summed E-state index contributed by atoms with van der Waals surface area (Å²) in [4.78, 5) is 15.6. The average molecular weight is 233 g/mol. The van der Waals surface area contributed by atoms with Gasteiger partial charge < -0.3 is 15.4 Å². The smallest absolute Gasteiger partial charge is 0.250 e. The van der Waals surface area contributed by atoms with Crippen LogP contribution in [0.25, 0.3) is 0 Å². The zero-order valence-corrected chi connectivity index (χ0v) is 9.69. The fourth-order valence-corrected chi connectivity index (χ4v) is 1.63. The Balaban J connectivity index is 2.00. The lowest BCUT2D eigenvalue weighted by Gasteiger charge is -2.06. The normalized spacial score (nSPS) is 14.1. The van der Waals surface area contributed by atoms with E-state index in [1.54, 1.807) is 0 Å². The van der Waals surface area contributed by atoms with Crippen molar-refractivity contribution in [3.63, 3.8) is 0 Å². The third-order valence-corrected chi connectivity index (χ3v) is 2.39. The Kier molecular flexibility index (Phi) is 3.72. The van der Waals surface area contributed by atoms with E-state index in [0.29, 0.717) is 0 Å². The molecule has 0 bridgehead atoms. The van der Waals surface area contributed by atoms with Crippen molar-refractivity contribution in [2.24, 2.45) is 4.99 Å². The maximum absolute atomic E-state index is 11.3. The summed E-state index contributed by atoms with van der Waals surface area (Å²) in [6.45, 7) is 1.78. The van der Waals surface area contributed by atoms with Crippen molar-refractivity contribution in [3.05, 3.63) is 29.8 Å². The molecule has 0 radical (unpaired) electrons. The Hall–Kier alpha value is -1.88. The summed E-state index contributed by atoms with van der Waals surface area (Å²) in [6.07, 6.45) is 0. The van der Waals surface area contributed by atoms with E-state index >= 15 is 0 Å². The standard InChI is InChI=1S/C12H15N3O2/c1-17-8-11(16)15-10-4-2-9(3-5-10)12-13-6-7-14-12/h2-5H,6-8H2,1H3,(H,13,14)(H,15,16). The van der Waals surface area contributed by atoms with Gasteiger partial charge in [0, 0.05) is 24.9 Å². The molecule has 1 aliphatic heterocycles. The molecule has 0 saturated carbocycles. The number of carbonyl (C=O) groups is 1. The fraction of sp³-hybridized carbons (Fsp3) is 0.333. The van der Waals surface area contributed by atoms with Gasteiger partial charge in [-0.3, -0.25) is 9.79 Å². The van der Waals surface area contributed by atoms with Gasteiger partial charge in [0.1, 0.15) is 12.4 Å². The van der Waals surface area contributed by atoms with Crippen LogP contribution in [0.5, 0.6) is 0 Å². The highest BCUT2D eigenvalue weighted by Gasteiger charge is 2.07. The molecule has 2 rings (SSSR count). The Morgan fingerprint density at radius 2 is 2.24 bits per heavy atom. The van der Waals surface area contributed by atoms with Gasteiger partial charge in [-0.2, -0.15) is 0 Å². The van der Waals surface area contributed by atoms with Crippen molar-refractivity contribution in [1.82, 2.24) is 5.32 Å². The summed E-state index contributed by atoms with van der Waals surface area (Å²) < 4.78 is 4.74. The van der Waals surface area contributed by atoms with Gasteiger partial charge in [-0.25, -0.2) is 0 Å². The van der Waals surface area contributed by atoms with E-state index in [-0.39, 0.29) is 12.5 Å². The Bertz CT molecular complexity index is 426. The molecule has 0 fully saturated rings. The zero-order chi connectivity index (χ0) is 12.1. The monoisotopic (exact) mass is 233 g/mol. The maximum Gasteiger partial charge on any atom is 0.250 e. The molecule has 1 aromatic rings. The SMILES string of the molecule is COCC(=O)Nc1ccc(C2=NCCN2)cc1. The lowest BCUT2D eigenvalue weighted by molar-refractivity contribution is -0.119. The molecule has 0 saturated heterocycles. The molecule has 5 nitrogen and oxygen atoms in total. The van der Waals surface area contributed by atoms with Gasteiger partial charge >= 0.3 is 0 Å². The minimum atomic E-state index is -0.156. The molecule has 0 aromatic heterocycles. The predicted octanol–water partition coefficient (Wildman–Crippen LogP) is 0.621. The van der Waals surface area contributed by atoms with Crippen molar-refractivity contribution >= 4 is 17.4 Å². The fourth-order valence-electron chi connectivity index (χ4n) is 1.63. The highest BCUT2D eigenvalue weighted by Crippen LogP contribution is 2.10. The number of amides is 1. The molecule has 2 N–H and O–H groups in total. The molecule has 1 aromatic carbocycles. The number of rotatable bonds is 4. The van der Waals surface area contributed by atoms with Crippen LogP contribution in [0.3, 0.4) is 0 Å². The first-order chi connectivity index (χ1) is 8.29. The van der Waals surface area contributed by atoms with E-state index in [1.165, 1.54) is 7.11 Å². The van der Waals surface area contributed by atoms with E-state index in [4.69, 9.17) is 4.74 Å². The highest BCUT2D eigenvalue weighted by atomic mass is 16.5. The minimum absolute atomic E-state index is 0.0655. The number of carbonyl (C=O) groups excluding carboxylic acids is 1. The minimum Gasteiger partial charge on any atom is -0.375 e. The molecule has 1 heterocycles. The van der Waals surface area contributed by atoms with E-state index in [1.807, 2.05) is 24.3 Å². The van der Waals surface area contributed by atoms with E-state index in [9.17, 15) is 4.79 Å². The Labute approximate surface area is 99.9 Å². The third kappa shape index (κ3) is 3.04. The zero-order valence-electron chi connectivity index (χ0n) is 9.69. The molecule has 90 valence electrons. The molecule has 17 heavy (non-hydrogen) atoms. The largest absolute Gasteiger partial charge is 0.375 e. The first-order valence-corrected chi connectivity index (χ1v) is 5.47. The molecule has 0 spiro atoms. The summed E-state index contributed by atoms with van der Waals surface area (Å²) in [6, 6.07) is 7.57. The predicted molar refractivity (Wildman–Crippen MR) is 66.4 cm³/mol. The number of hydrogen-bond acceptors (Lipinski definition) is 4. The molecule has 1 amide bonds. The highest BCUT2D eigenvalue weighted by molar-refractivity contribution is 6.00. The van der Waals surface area contributed by atoms with Gasteiger partial charge in [0.15, 0.2) is 0 Å². The number of aliphatic imine (C=N–C) groups is 1. The lowest BCUT2D eigenvalue weighted by Crippen LogP contribution is -2.20. The number of anilines is 1. The summed E-state index contributed by atoms with van der Waals surface area (Å²) in [5.74, 6) is 0.761. The van der Waals surface area contributed by atoms with Crippen molar-refractivity contribution in [1.29, 1.82) is 0 Å². The number of amidine groups is 1. The van der Waals surface area contributed by atoms with Crippen molar-refractivity contribution in [3.8, 4) is 0 Å². The van der Waals surface area contributed by atoms with Crippen LogP contribution in [0, 0.1) is 0 Å². The maximum atomic E-state index is 11.3. The third-order valence-electron chi connectivity index (χ3n) is 2.39. The molecule has 0 aliphatic carbocycles. The van der Waals surface area contributed by atoms with Gasteiger partial charge in [-0.1, -0.05) is 0 Å². The van der Waals surface area contributed by atoms with Crippen molar-refractivity contribution in [2.45, 2.75) is 0 Å². The second kappa shape index (κ2) is 5.45. The number of ether oxygens (including phenoxy) is 1.